The molecule has 0 bridgehead atoms. The molecule has 0 saturated carbocycles. The van der Waals surface area contributed by atoms with Gasteiger partial charge >= 0.3 is 0 Å². The molecule has 1 amide bonds. The molecule has 0 fully saturated rings. The van der Waals surface area contributed by atoms with Gasteiger partial charge in [0, 0.05) is 5.69 Å². The molecule has 0 atom stereocenters. The van der Waals surface area contributed by atoms with Crippen LogP contribution >= 0.6 is 11.6 Å². The summed E-state index contributed by atoms with van der Waals surface area (Å²) in [4.78, 5) is 11.8. The highest BCUT2D eigenvalue weighted by Crippen LogP contribution is 2.19. The fraction of sp³-hybridized carbons (Fsp3) is 0.235. The van der Waals surface area contributed by atoms with Gasteiger partial charge in [0.1, 0.15) is 12.4 Å². The summed E-state index contributed by atoms with van der Waals surface area (Å²) in [5, 5.41) is 2.57. The Morgan fingerprint density at radius 3 is 2.68 bits per heavy atom. The second kappa shape index (κ2) is 7.38. The molecule has 5 heteroatoms. The lowest BCUT2D eigenvalue weighted by Gasteiger charge is -2.09. The Kier molecular flexibility index (Phi) is 5.52. The number of aryl methyl sites for hydroxylation is 2. The average molecular weight is 322 g/mol. The largest absolute Gasteiger partial charge is 0.367 e. The minimum atomic E-state index is -0.522. The van der Waals surface area contributed by atoms with Crippen LogP contribution in [-0.2, 0) is 16.1 Å². The van der Waals surface area contributed by atoms with Gasteiger partial charge in [-0.2, -0.15) is 0 Å². The van der Waals surface area contributed by atoms with Crippen LogP contribution < -0.4 is 5.32 Å². The zero-order chi connectivity index (χ0) is 16.1. The first-order valence-electron chi connectivity index (χ1n) is 6.84. The highest BCUT2D eigenvalue weighted by atomic mass is 35.5. The average Bonchev–Trinajstić information content (AvgIpc) is 2.45. The van der Waals surface area contributed by atoms with Gasteiger partial charge in [0.05, 0.1) is 11.6 Å². The first-order chi connectivity index (χ1) is 10.5. The first kappa shape index (κ1) is 16.5. The molecule has 0 aromatic heterocycles. The van der Waals surface area contributed by atoms with Gasteiger partial charge < -0.3 is 10.1 Å². The maximum Gasteiger partial charge on any atom is 0.250 e. The number of hydrogen-bond donors (Lipinski definition) is 1. The molecule has 0 heterocycles. The van der Waals surface area contributed by atoms with E-state index in [0.29, 0.717) is 12.3 Å². The van der Waals surface area contributed by atoms with Crippen LogP contribution in [0.15, 0.2) is 36.4 Å². The summed E-state index contributed by atoms with van der Waals surface area (Å²) in [7, 11) is 0. The SMILES string of the molecule is Cc1ccc(COCC(=O)Nc2ccc(F)c(Cl)c2)c(C)c1. The Morgan fingerprint density at radius 1 is 1.23 bits per heavy atom. The van der Waals surface area contributed by atoms with Crippen molar-refractivity contribution in [2.24, 2.45) is 0 Å². The predicted octanol–water partition coefficient (Wildman–Crippen LogP) is 4.25. The van der Waals surface area contributed by atoms with E-state index in [2.05, 4.69) is 11.4 Å². The van der Waals surface area contributed by atoms with Gasteiger partial charge in [-0.05, 0) is 43.2 Å². The van der Waals surface area contributed by atoms with Gasteiger partial charge in [-0.25, -0.2) is 4.39 Å². The van der Waals surface area contributed by atoms with E-state index < -0.39 is 5.82 Å². The van der Waals surface area contributed by atoms with Crippen molar-refractivity contribution < 1.29 is 13.9 Å². The van der Waals surface area contributed by atoms with E-state index in [0.717, 1.165) is 11.1 Å². The van der Waals surface area contributed by atoms with E-state index >= 15 is 0 Å². The molecule has 0 saturated heterocycles. The summed E-state index contributed by atoms with van der Waals surface area (Å²) in [6.07, 6.45) is 0. The van der Waals surface area contributed by atoms with E-state index in [1.807, 2.05) is 26.0 Å². The van der Waals surface area contributed by atoms with Crippen molar-refractivity contribution in [1.29, 1.82) is 0 Å². The minimum Gasteiger partial charge on any atom is -0.367 e. The summed E-state index contributed by atoms with van der Waals surface area (Å²) in [6.45, 7) is 4.32. The lowest BCUT2D eigenvalue weighted by atomic mass is 10.1. The van der Waals surface area contributed by atoms with Crippen molar-refractivity contribution in [3.63, 3.8) is 0 Å². The van der Waals surface area contributed by atoms with Crippen molar-refractivity contribution in [1.82, 2.24) is 0 Å². The molecule has 0 unspecified atom stereocenters. The van der Waals surface area contributed by atoms with Crippen LogP contribution in [0.4, 0.5) is 10.1 Å². The summed E-state index contributed by atoms with van der Waals surface area (Å²) >= 11 is 5.65. The number of rotatable bonds is 5. The van der Waals surface area contributed by atoms with Crippen LogP contribution in [0.5, 0.6) is 0 Å². The number of carbonyl (C=O) groups excluding carboxylic acids is 1. The molecule has 116 valence electrons. The van der Waals surface area contributed by atoms with E-state index in [9.17, 15) is 9.18 Å². The molecule has 2 aromatic carbocycles. The highest BCUT2D eigenvalue weighted by molar-refractivity contribution is 6.31. The number of halogens is 2. The van der Waals surface area contributed by atoms with E-state index in [-0.39, 0.29) is 17.5 Å². The summed E-state index contributed by atoms with van der Waals surface area (Å²) in [5.74, 6) is -0.835. The number of carbonyl (C=O) groups is 1. The van der Waals surface area contributed by atoms with Crippen LogP contribution in [0.25, 0.3) is 0 Å². The van der Waals surface area contributed by atoms with Crippen LogP contribution in [0.1, 0.15) is 16.7 Å². The molecule has 1 N–H and O–H groups in total. The van der Waals surface area contributed by atoms with Crippen LogP contribution in [0.2, 0.25) is 5.02 Å². The number of nitrogens with one attached hydrogen (secondary N) is 1. The van der Waals surface area contributed by atoms with Gasteiger partial charge in [-0.3, -0.25) is 4.79 Å². The molecule has 0 aliphatic carbocycles. The quantitative estimate of drug-likeness (QED) is 0.894. The number of amides is 1. The summed E-state index contributed by atoms with van der Waals surface area (Å²) in [6, 6.07) is 10.1. The maximum absolute atomic E-state index is 13.0. The first-order valence-corrected chi connectivity index (χ1v) is 7.22. The number of ether oxygens (including phenoxy) is 1. The molecular weight excluding hydrogens is 305 g/mol. The molecular formula is C17H17ClFNO2. The second-order valence-corrected chi connectivity index (χ2v) is 5.51. The molecule has 2 rings (SSSR count). The van der Waals surface area contributed by atoms with E-state index in [4.69, 9.17) is 16.3 Å². The molecule has 0 aliphatic rings. The van der Waals surface area contributed by atoms with Crippen LogP contribution in [0.3, 0.4) is 0 Å². The Morgan fingerprint density at radius 2 is 2.00 bits per heavy atom. The third-order valence-electron chi connectivity index (χ3n) is 3.19. The third-order valence-corrected chi connectivity index (χ3v) is 3.48. The Balaban J connectivity index is 1.83. The van der Waals surface area contributed by atoms with Crippen molar-refractivity contribution in [2.45, 2.75) is 20.5 Å². The van der Waals surface area contributed by atoms with Gasteiger partial charge in [-0.1, -0.05) is 35.4 Å². The van der Waals surface area contributed by atoms with Crippen LogP contribution in [-0.4, -0.2) is 12.5 Å². The zero-order valence-corrected chi connectivity index (χ0v) is 13.2. The molecule has 0 spiro atoms. The second-order valence-electron chi connectivity index (χ2n) is 5.10. The Bertz CT molecular complexity index is 688. The zero-order valence-electron chi connectivity index (χ0n) is 12.5. The van der Waals surface area contributed by atoms with Gasteiger partial charge in [0.2, 0.25) is 5.91 Å². The maximum atomic E-state index is 13.0. The fourth-order valence-corrected chi connectivity index (χ4v) is 2.21. The number of benzene rings is 2. The van der Waals surface area contributed by atoms with Crippen molar-refractivity contribution in [3.8, 4) is 0 Å². The Labute approximate surface area is 134 Å². The minimum absolute atomic E-state index is 0.0333. The van der Waals surface area contributed by atoms with Gasteiger partial charge in [0.25, 0.3) is 0 Å². The molecule has 0 radical (unpaired) electrons. The van der Waals surface area contributed by atoms with Crippen molar-refractivity contribution in [3.05, 3.63) is 63.9 Å². The molecule has 2 aromatic rings. The van der Waals surface area contributed by atoms with Crippen molar-refractivity contribution >= 4 is 23.2 Å². The lowest BCUT2D eigenvalue weighted by molar-refractivity contribution is -0.121. The fourth-order valence-electron chi connectivity index (χ4n) is 2.03. The topological polar surface area (TPSA) is 38.3 Å². The van der Waals surface area contributed by atoms with E-state index in [1.54, 1.807) is 0 Å². The Hall–Kier alpha value is -1.91. The molecule has 22 heavy (non-hydrogen) atoms. The summed E-state index contributed by atoms with van der Waals surface area (Å²) < 4.78 is 18.4. The highest BCUT2D eigenvalue weighted by Gasteiger charge is 2.06. The monoisotopic (exact) mass is 321 g/mol. The number of anilines is 1. The van der Waals surface area contributed by atoms with Gasteiger partial charge in [0.15, 0.2) is 0 Å². The van der Waals surface area contributed by atoms with Crippen molar-refractivity contribution in [2.75, 3.05) is 11.9 Å². The normalized spacial score (nSPS) is 10.5. The summed E-state index contributed by atoms with van der Waals surface area (Å²) in [5.41, 5.74) is 3.80. The number of hydrogen-bond acceptors (Lipinski definition) is 2. The predicted molar refractivity (Wildman–Crippen MR) is 85.6 cm³/mol. The van der Waals surface area contributed by atoms with Crippen LogP contribution in [0, 0.1) is 19.7 Å². The third kappa shape index (κ3) is 4.55. The standard InChI is InChI=1S/C17H17ClFNO2/c1-11-3-4-13(12(2)7-11)9-22-10-17(21)20-14-5-6-16(19)15(18)8-14/h3-8H,9-10H2,1-2H3,(H,20,21). The van der Waals surface area contributed by atoms with E-state index in [1.165, 1.54) is 23.8 Å². The lowest BCUT2D eigenvalue weighted by Crippen LogP contribution is -2.18. The molecule has 0 aliphatic heterocycles. The van der Waals surface area contributed by atoms with Gasteiger partial charge in [-0.15, -0.1) is 0 Å². The molecule has 3 nitrogen and oxygen atoms in total. The smallest absolute Gasteiger partial charge is 0.250 e.